The lowest BCUT2D eigenvalue weighted by Crippen LogP contribution is -2.24. The second-order valence-electron chi connectivity index (χ2n) is 7.06. The molecule has 0 saturated heterocycles. The van der Waals surface area contributed by atoms with Gasteiger partial charge in [0.1, 0.15) is 5.60 Å². The van der Waals surface area contributed by atoms with Gasteiger partial charge >= 0.3 is 5.97 Å². The highest BCUT2D eigenvalue weighted by Crippen LogP contribution is 2.17. The lowest BCUT2D eigenvalue weighted by Gasteiger charge is -2.19. The Labute approximate surface area is 148 Å². The molecule has 0 aromatic carbocycles. The Hall–Kier alpha value is -2.21. The molecule has 6 nitrogen and oxygen atoms in total. The topological polar surface area (TPSA) is 69.9 Å². The van der Waals surface area contributed by atoms with E-state index in [1.807, 2.05) is 32.9 Å². The third-order valence-electron chi connectivity index (χ3n) is 3.66. The number of pyridine rings is 1. The molecule has 6 heteroatoms. The smallest absolute Gasteiger partial charge is 0.310 e. The number of esters is 1. The van der Waals surface area contributed by atoms with Crippen LogP contribution in [0.25, 0.3) is 5.52 Å². The molecule has 0 aliphatic carbocycles. The van der Waals surface area contributed by atoms with Crippen LogP contribution in [0.2, 0.25) is 0 Å². The van der Waals surface area contributed by atoms with Crippen LogP contribution >= 0.6 is 0 Å². The van der Waals surface area contributed by atoms with Crippen LogP contribution in [0.5, 0.6) is 0 Å². The Bertz CT molecular complexity index is 743. The third kappa shape index (κ3) is 5.67. The molecule has 0 bridgehead atoms. The number of hydrogen-bond donors (Lipinski definition) is 0. The van der Waals surface area contributed by atoms with Gasteiger partial charge in [-0.3, -0.25) is 9.59 Å². The first-order valence-electron chi connectivity index (χ1n) is 8.50. The van der Waals surface area contributed by atoms with Crippen LogP contribution in [0.4, 0.5) is 0 Å². The van der Waals surface area contributed by atoms with Gasteiger partial charge in [-0.25, -0.2) is 4.52 Å². The molecule has 0 saturated carbocycles. The van der Waals surface area contributed by atoms with Gasteiger partial charge in [0.25, 0.3) is 0 Å². The summed E-state index contributed by atoms with van der Waals surface area (Å²) in [6.07, 6.45) is 5.61. The number of fused-ring (bicyclic) bond motifs is 1. The summed E-state index contributed by atoms with van der Waals surface area (Å²) < 4.78 is 12.0. The van der Waals surface area contributed by atoms with E-state index >= 15 is 0 Å². The number of hydrogen-bond acceptors (Lipinski definition) is 5. The molecule has 2 rings (SSSR count). The Balaban J connectivity index is 2.10. The summed E-state index contributed by atoms with van der Waals surface area (Å²) >= 11 is 0. The molecule has 0 aliphatic rings. The van der Waals surface area contributed by atoms with Crippen LogP contribution in [0.3, 0.4) is 0 Å². The van der Waals surface area contributed by atoms with Crippen molar-refractivity contribution in [3.63, 3.8) is 0 Å². The molecule has 0 radical (unpaired) electrons. The summed E-state index contributed by atoms with van der Waals surface area (Å²) in [6, 6.07) is 3.65. The molecule has 0 fully saturated rings. The fraction of sp³-hybridized carbons (Fsp3) is 0.526. The minimum atomic E-state index is -0.513. The lowest BCUT2D eigenvalue weighted by atomic mass is 10.1. The van der Waals surface area contributed by atoms with Crippen molar-refractivity contribution in [2.45, 2.75) is 52.1 Å². The van der Waals surface area contributed by atoms with E-state index in [1.165, 1.54) is 0 Å². The fourth-order valence-corrected chi connectivity index (χ4v) is 2.56. The van der Waals surface area contributed by atoms with E-state index in [0.717, 1.165) is 23.9 Å². The largest absolute Gasteiger partial charge is 0.460 e. The van der Waals surface area contributed by atoms with Crippen LogP contribution in [-0.4, -0.2) is 40.7 Å². The molecule has 2 aromatic rings. The van der Waals surface area contributed by atoms with Crippen molar-refractivity contribution in [2.75, 3.05) is 13.7 Å². The number of carbonyl (C=O) groups excluding carboxylic acids is 2. The molecular weight excluding hydrogens is 320 g/mol. The van der Waals surface area contributed by atoms with Gasteiger partial charge in [-0.15, -0.1) is 0 Å². The first-order chi connectivity index (χ1) is 11.8. The quantitative estimate of drug-likeness (QED) is 0.417. The molecule has 2 aromatic heterocycles. The van der Waals surface area contributed by atoms with Gasteiger partial charge in [0.15, 0.2) is 5.78 Å². The molecule has 0 N–H and O–H groups in total. The number of methoxy groups -OCH3 is 1. The molecule has 0 atom stereocenters. The summed E-state index contributed by atoms with van der Waals surface area (Å²) in [5, 5.41) is 4.22. The van der Waals surface area contributed by atoms with E-state index < -0.39 is 5.60 Å². The second kappa shape index (κ2) is 8.25. The highest BCUT2D eigenvalue weighted by Gasteiger charge is 2.18. The van der Waals surface area contributed by atoms with Gasteiger partial charge in [-0.1, -0.05) is 0 Å². The number of rotatable bonds is 8. The summed E-state index contributed by atoms with van der Waals surface area (Å²) in [5.74, 6) is -0.232. The van der Waals surface area contributed by atoms with Crippen LogP contribution in [0.15, 0.2) is 24.5 Å². The minimum Gasteiger partial charge on any atom is -0.460 e. The summed E-state index contributed by atoms with van der Waals surface area (Å²) in [4.78, 5) is 24.4. The van der Waals surface area contributed by atoms with Crippen molar-refractivity contribution in [1.82, 2.24) is 9.61 Å². The molecule has 25 heavy (non-hydrogen) atoms. The normalized spacial score (nSPS) is 11.7. The zero-order chi connectivity index (χ0) is 18.4. The summed E-state index contributed by atoms with van der Waals surface area (Å²) in [6.45, 7) is 6.17. The molecule has 0 spiro atoms. The zero-order valence-corrected chi connectivity index (χ0v) is 15.4. The Morgan fingerprint density at radius 3 is 2.68 bits per heavy atom. The molecule has 0 unspecified atom stereocenters. The molecular formula is C19H26N2O4. The van der Waals surface area contributed by atoms with Crippen molar-refractivity contribution in [2.24, 2.45) is 0 Å². The number of ether oxygens (including phenoxy) is 2. The Morgan fingerprint density at radius 2 is 2.00 bits per heavy atom. The standard InChI is InChI=1S/C19H26N2O4/c1-19(2,3)25-18(23)12-14-8-9-21-16(11-14)15(13-20-21)17(22)7-5-6-10-24-4/h8-9,11,13H,5-7,10,12H2,1-4H3. The van der Waals surface area contributed by atoms with Crippen LogP contribution < -0.4 is 0 Å². The molecule has 2 heterocycles. The molecule has 136 valence electrons. The maximum absolute atomic E-state index is 12.4. The van der Waals surface area contributed by atoms with E-state index in [4.69, 9.17) is 9.47 Å². The van der Waals surface area contributed by atoms with Crippen molar-refractivity contribution < 1.29 is 19.1 Å². The minimum absolute atomic E-state index is 0.0560. The maximum Gasteiger partial charge on any atom is 0.310 e. The summed E-state index contributed by atoms with van der Waals surface area (Å²) in [7, 11) is 1.65. The lowest BCUT2D eigenvalue weighted by molar-refractivity contribution is -0.153. The average Bonchev–Trinajstić information content (AvgIpc) is 2.92. The highest BCUT2D eigenvalue weighted by molar-refractivity contribution is 6.02. The third-order valence-corrected chi connectivity index (χ3v) is 3.66. The Kier molecular flexibility index (Phi) is 6.31. The SMILES string of the molecule is COCCCCC(=O)c1cnn2ccc(CC(=O)OC(C)(C)C)cc12. The van der Waals surface area contributed by atoms with Gasteiger partial charge in [-0.05, 0) is 51.3 Å². The van der Waals surface area contributed by atoms with Crippen LogP contribution in [0, 0.1) is 0 Å². The predicted molar refractivity (Wildman–Crippen MR) is 94.8 cm³/mol. The maximum atomic E-state index is 12.4. The van der Waals surface area contributed by atoms with Crippen molar-refractivity contribution in [3.05, 3.63) is 35.7 Å². The monoisotopic (exact) mass is 346 g/mol. The number of unbranched alkanes of at least 4 members (excludes halogenated alkanes) is 1. The average molecular weight is 346 g/mol. The number of nitrogens with zero attached hydrogens (tertiary/aromatic N) is 2. The number of aromatic nitrogens is 2. The van der Waals surface area contributed by atoms with E-state index in [0.29, 0.717) is 18.6 Å². The van der Waals surface area contributed by atoms with Gasteiger partial charge in [0.05, 0.1) is 23.7 Å². The van der Waals surface area contributed by atoms with E-state index in [9.17, 15) is 9.59 Å². The zero-order valence-electron chi connectivity index (χ0n) is 15.4. The van der Waals surface area contributed by atoms with Gasteiger partial charge in [-0.2, -0.15) is 5.10 Å². The number of carbonyl (C=O) groups is 2. The van der Waals surface area contributed by atoms with Crippen LogP contribution in [-0.2, 0) is 20.7 Å². The van der Waals surface area contributed by atoms with Gasteiger partial charge < -0.3 is 9.47 Å². The molecule has 0 amide bonds. The number of Topliss-reactive ketones (excluding diaryl/α,β-unsaturated/α-hetero) is 1. The molecule has 0 aliphatic heterocycles. The second-order valence-corrected chi connectivity index (χ2v) is 7.06. The van der Waals surface area contributed by atoms with Crippen molar-refractivity contribution in [1.29, 1.82) is 0 Å². The van der Waals surface area contributed by atoms with Gasteiger partial charge in [0, 0.05) is 26.3 Å². The Morgan fingerprint density at radius 1 is 1.24 bits per heavy atom. The first kappa shape index (κ1) is 19.1. The first-order valence-corrected chi connectivity index (χ1v) is 8.50. The number of ketones is 1. The van der Waals surface area contributed by atoms with Crippen LogP contribution in [0.1, 0.15) is 56.0 Å². The fourth-order valence-electron chi connectivity index (χ4n) is 2.56. The van der Waals surface area contributed by atoms with E-state index in [1.54, 1.807) is 24.0 Å². The van der Waals surface area contributed by atoms with Crippen molar-refractivity contribution in [3.8, 4) is 0 Å². The summed E-state index contributed by atoms with van der Waals surface area (Å²) in [5.41, 5.74) is 1.60. The highest BCUT2D eigenvalue weighted by atomic mass is 16.6. The van der Waals surface area contributed by atoms with E-state index in [-0.39, 0.29) is 18.2 Å². The van der Waals surface area contributed by atoms with Gasteiger partial charge in [0.2, 0.25) is 0 Å². The van der Waals surface area contributed by atoms with Crippen molar-refractivity contribution >= 4 is 17.3 Å². The predicted octanol–water partition coefficient (Wildman–Crippen LogP) is 3.22. The van der Waals surface area contributed by atoms with E-state index in [2.05, 4.69) is 5.10 Å².